The van der Waals surface area contributed by atoms with Gasteiger partial charge in [-0.05, 0) is 13.0 Å². The zero-order valence-electron chi connectivity index (χ0n) is 8.27. The van der Waals surface area contributed by atoms with E-state index in [1.54, 1.807) is 31.2 Å². The first-order chi connectivity index (χ1) is 6.61. The Morgan fingerprint density at radius 3 is 2.93 bits per heavy atom. The van der Waals surface area contributed by atoms with Gasteiger partial charge in [0.25, 0.3) is 5.54 Å². The maximum absolute atomic E-state index is 10.9. The van der Waals surface area contributed by atoms with E-state index in [9.17, 15) is 10.1 Å². The maximum Gasteiger partial charge on any atom is 0.258 e. The molecule has 1 N–H and O–H groups in total. The Hall–Kier alpha value is -1.20. The zero-order chi connectivity index (χ0) is 10.6. The first-order valence-corrected chi connectivity index (χ1v) is 4.49. The van der Waals surface area contributed by atoms with E-state index in [-0.39, 0.29) is 4.92 Å². The second-order valence-corrected chi connectivity index (χ2v) is 3.26. The summed E-state index contributed by atoms with van der Waals surface area (Å²) in [6.07, 6.45) is 6.72. The van der Waals surface area contributed by atoms with Crippen molar-refractivity contribution < 1.29 is 9.76 Å². The Morgan fingerprint density at radius 1 is 1.64 bits per heavy atom. The topological polar surface area (TPSA) is 64.4 Å². The number of rotatable bonds is 4. The van der Waals surface area contributed by atoms with E-state index >= 15 is 0 Å². The minimum atomic E-state index is -1.13. The van der Waals surface area contributed by atoms with E-state index in [1.165, 1.54) is 0 Å². The van der Waals surface area contributed by atoms with Crippen LogP contribution in [0.3, 0.4) is 0 Å². The van der Waals surface area contributed by atoms with Crippen LogP contribution in [0, 0.1) is 10.1 Å². The Morgan fingerprint density at radius 2 is 2.36 bits per heavy atom. The van der Waals surface area contributed by atoms with Gasteiger partial charge in [0.05, 0.1) is 6.61 Å². The van der Waals surface area contributed by atoms with E-state index in [1.807, 2.05) is 6.92 Å². The van der Waals surface area contributed by atoms with Gasteiger partial charge in [-0.3, -0.25) is 10.1 Å². The molecule has 0 aromatic rings. The molecule has 0 heterocycles. The standard InChI is InChI=1S/C9H14N2O3/c1-3-14-10-8-6-4-5-7-9(8,2)11(12)13/h4-8,10H,3H2,1-2H3. The van der Waals surface area contributed by atoms with Crippen LogP contribution in [0.4, 0.5) is 0 Å². The SMILES string of the molecule is CCONC1C=CC=CC1(C)[N+](=O)[O-]. The molecule has 0 saturated carbocycles. The second-order valence-electron chi connectivity index (χ2n) is 3.26. The fourth-order valence-electron chi connectivity index (χ4n) is 1.23. The van der Waals surface area contributed by atoms with Crippen molar-refractivity contribution in [3.63, 3.8) is 0 Å². The molecule has 5 nitrogen and oxygen atoms in total. The van der Waals surface area contributed by atoms with Crippen LogP contribution in [0.25, 0.3) is 0 Å². The van der Waals surface area contributed by atoms with Crippen LogP contribution >= 0.6 is 0 Å². The molecule has 5 heteroatoms. The number of allylic oxidation sites excluding steroid dienone is 2. The van der Waals surface area contributed by atoms with Crippen LogP contribution in [0.15, 0.2) is 24.3 Å². The fraction of sp³-hybridized carbons (Fsp3) is 0.556. The number of nitrogens with zero attached hydrogens (tertiary/aromatic N) is 1. The summed E-state index contributed by atoms with van der Waals surface area (Å²) in [5, 5.41) is 10.9. The molecule has 2 unspecified atom stereocenters. The molecule has 0 aromatic carbocycles. The summed E-state index contributed by atoms with van der Waals surface area (Å²) in [4.78, 5) is 15.5. The van der Waals surface area contributed by atoms with Gasteiger partial charge in [-0.15, -0.1) is 0 Å². The quantitative estimate of drug-likeness (QED) is 0.542. The molecule has 14 heavy (non-hydrogen) atoms. The Kier molecular flexibility index (Phi) is 3.38. The average Bonchev–Trinajstić information content (AvgIpc) is 2.16. The highest BCUT2D eigenvalue weighted by atomic mass is 16.7. The fourth-order valence-corrected chi connectivity index (χ4v) is 1.23. The molecule has 0 radical (unpaired) electrons. The second kappa shape index (κ2) is 4.34. The molecule has 78 valence electrons. The zero-order valence-corrected chi connectivity index (χ0v) is 8.27. The summed E-state index contributed by atoms with van der Waals surface area (Å²) >= 11 is 0. The van der Waals surface area contributed by atoms with Crippen molar-refractivity contribution in [3.05, 3.63) is 34.4 Å². The number of hydrogen-bond acceptors (Lipinski definition) is 4. The molecule has 2 atom stereocenters. The molecular weight excluding hydrogens is 184 g/mol. The smallest absolute Gasteiger partial charge is 0.258 e. The van der Waals surface area contributed by atoms with Gasteiger partial charge in [0.2, 0.25) is 0 Å². The van der Waals surface area contributed by atoms with Crippen LogP contribution < -0.4 is 5.48 Å². The van der Waals surface area contributed by atoms with Gasteiger partial charge in [0, 0.05) is 11.8 Å². The van der Waals surface area contributed by atoms with E-state index in [0.29, 0.717) is 6.61 Å². The Bertz CT molecular complexity index is 275. The molecule has 1 aliphatic rings. The minimum absolute atomic E-state index is 0.316. The van der Waals surface area contributed by atoms with Crippen LogP contribution in [-0.2, 0) is 4.84 Å². The molecule has 0 aromatic heterocycles. The van der Waals surface area contributed by atoms with Crippen molar-refractivity contribution in [1.82, 2.24) is 5.48 Å². The van der Waals surface area contributed by atoms with E-state index < -0.39 is 11.6 Å². The monoisotopic (exact) mass is 198 g/mol. The lowest BCUT2D eigenvalue weighted by Gasteiger charge is -2.27. The number of hydroxylamine groups is 1. The highest BCUT2D eigenvalue weighted by Crippen LogP contribution is 2.21. The first-order valence-electron chi connectivity index (χ1n) is 4.49. The van der Waals surface area contributed by atoms with Crippen molar-refractivity contribution in [1.29, 1.82) is 0 Å². The molecule has 0 fully saturated rings. The first kappa shape index (κ1) is 10.9. The predicted octanol–water partition coefficient (Wildman–Crippen LogP) is 1.06. The predicted molar refractivity (Wildman–Crippen MR) is 52.2 cm³/mol. The van der Waals surface area contributed by atoms with E-state index in [2.05, 4.69) is 5.48 Å². The van der Waals surface area contributed by atoms with Gasteiger partial charge >= 0.3 is 0 Å². The normalized spacial score (nSPS) is 30.6. The third kappa shape index (κ3) is 2.00. The molecule has 0 amide bonds. The molecule has 1 aliphatic carbocycles. The van der Waals surface area contributed by atoms with E-state index in [0.717, 1.165) is 0 Å². The molecule has 0 bridgehead atoms. The van der Waals surface area contributed by atoms with Crippen molar-refractivity contribution in [2.75, 3.05) is 6.61 Å². The highest BCUT2D eigenvalue weighted by Gasteiger charge is 2.43. The summed E-state index contributed by atoms with van der Waals surface area (Å²) in [6, 6.07) is -0.428. The Labute approximate surface area is 82.5 Å². The highest BCUT2D eigenvalue weighted by molar-refractivity contribution is 5.23. The van der Waals surface area contributed by atoms with Gasteiger partial charge in [-0.2, -0.15) is 5.48 Å². The van der Waals surface area contributed by atoms with Crippen molar-refractivity contribution in [2.24, 2.45) is 0 Å². The van der Waals surface area contributed by atoms with Crippen LogP contribution in [0.2, 0.25) is 0 Å². The van der Waals surface area contributed by atoms with Gasteiger partial charge in [-0.25, -0.2) is 0 Å². The van der Waals surface area contributed by atoms with Gasteiger partial charge in [0.1, 0.15) is 6.04 Å². The lowest BCUT2D eigenvalue weighted by Crippen LogP contribution is -2.52. The molecule has 0 aliphatic heterocycles. The van der Waals surface area contributed by atoms with Crippen molar-refractivity contribution in [3.8, 4) is 0 Å². The van der Waals surface area contributed by atoms with Crippen LogP contribution in [-0.4, -0.2) is 23.1 Å². The number of nitrogens with one attached hydrogen (secondary N) is 1. The minimum Gasteiger partial charge on any atom is -0.301 e. The Balaban J connectivity index is 2.76. The average molecular weight is 198 g/mol. The van der Waals surface area contributed by atoms with Crippen molar-refractivity contribution >= 4 is 0 Å². The van der Waals surface area contributed by atoms with Gasteiger partial charge in [0.15, 0.2) is 0 Å². The summed E-state index contributed by atoms with van der Waals surface area (Å²) in [5.74, 6) is 0. The summed E-state index contributed by atoms with van der Waals surface area (Å²) < 4.78 is 0. The maximum atomic E-state index is 10.9. The molecular formula is C9H14N2O3. The summed E-state index contributed by atoms with van der Waals surface area (Å²) in [7, 11) is 0. The summed E-state index contributed by atoms with van der Waals surface area (Å²) in [6.45, 7) is 3.85. The summed E-state index contributed by atoms with van der Waals surface area (Å²) in [5.41, 5.74) is 1.53. The lowest BCUT2D eigenvalue weighted by atomic mass is 9.89. The molecule has 0 spiro atoms. The van der Waals surface area contributed by atoms with Crippen LogP contribution in [0.1, 0.15) is 13.8 Å². The third-order valence-corrected chi connectivity index (χ3v) is 2.23. The third-order valence-electron chi connectivity index (χ3n) is 2.23. The van der Waals surface area contributed by atoms with E-state index in [4.69, 9.17) is 4.84 Å². The largest absolute Gasteiger partial charge is 0.301 e. The van der Waals surface area contributed by atoms with Crippen molar-refractivity contribution in [2.45, 2.75) is 25.4 Å². The van der Waals surface area contributed by atoms with Gasteiger partial charge in [-0.1, -0.05) is 18.2 Å². The number of nitro groups is 1. The molecule has 0 saturated heterocycles. The number of hydrogen-bond donors (Lipinski definition) is 1. The molecule has 1 rings (SSSR count). The van der Waals surface area contributed by atoms with Crippen LogP contribution in [0.5, 0.6) is 0 Å². The lowest BCUT2D eigenvalue weighted by molar-refractivity contribution is -0.555. The van der Waals surface area contributed by atoms with Gasteiger partial charge < -0.3 is 4.84 Å².